The predicted molar refractivity (Wildman–Crippen MR) is 127 cm³/mol. The Morgan fingerprint density at radius 3 is 2.55 bits per heavy atom. The number of nitrogens with zero attached hydrogens (tertiary/aromatic N) is 3. The number of hydrogen-bond acceptors (Lipinski definition) is 6. The van der Waals surface area contributed by atoms with Gasteiger partial charge in [0.25, 0.3) is 5.69 Å². The van der Waals surface area contributed by atoms with Crippen LogP contribution in [0, 0.1) is 24.0 Å². The molecule has 7 nitrogen and oxygen atoms in total. The van der Waals surface area contributed by atoms with Crippen LogP contribution in [0.2, 0.25) is 0 Å². The van der Waals surface area contributed by atoms with Gasteiger partial charge in [-0.15, -0.1) is 11.3 Å². The van der Waals surface area contributed by atoms with Crippen molar-refractivity contribution in [1.82, 2.24) is 4.57 Å². The molecular formula is C25H21N3O4S. The molecule has 5 rings (SSSR count). The van der Waals surface area contributed by atoms with E-state index in [0.717, 1.165) is 38.8 Å². The second-order valence-corrected chi connectivity index (χ2v) is 8.70. The summed E-state index contributed by atoms with van der Waals surface area (Å²) in [5, 5.41) is 13.1. The molecule has 1 aliphatic rings. The highest BCUT2D eigenvalue weighted by molar-refractivity contribution is 7.07. The molecule has 33 heavy (non-hydrogen) atoms. The summed E-state index contributed by atoms with van der Waals surface area (Å²) in [6, 6.07) is 18.7. The lowest BCUT2D eigenvalue weighted by Crippen LogP contribution is -2.16. The van der Waals surface area contributed by atoms with Gasteiger partial charge < -0.3 is 14.0 Å². The van der Waals surface area contributed by atoms with E-state index in [0.29, 0.717) is 6.54 Å². The Kier molecular flexibility index (Phi) is 5.43. The molecule has 0 N–H and O–H groups in total. The Bertz CT molecular complexity index is 1420. The minimum atomic E-state index is -0.390. The highest BCUT2D eigenvalue weighted by Gasteiger charge is 2.16. The molecule has 4 aromatic rings. The number of nitro benzene ring substituents is 1. The number of aryl methyl sites for hydroxylation is 2. The first-order valence-electron chi connectivity index (χ1n) is 10.4. The van der Waals surface area contributed by atoms with Crippen molar-refractivity contribution in [2.24, 2.45) is 4.99 Å². The standard InChI is InChI=1S/C25H21N3O4S/c1-16-3-7-20(11-17(16)2)26-25-27(13-18-4-10-23-24(12-18)32-15-31-23)22(14-33-25)19-5-8-21(9-6-19)28(29)30/h3-12,14H,13,15H2,1-2H3. The van der Waals surface area contributed by atoms with Crippen LogP contribution in [0.25, 0.3) is 11.3 Å². The van der Waals surface area contributed by atoms with E-state index in [2.05, 4.69) is 30.5 Å². The first-order chi connectivity index (χ1) is 16.0. The third kappa shape index (κ3) is 4.25. The summed E-state index contributed by atoms with van der Waals surface area (Å²) in [5.41, 5.74) is 6.23. The van der Waals surface area contributed by atoms with Gasteiger partial charge in [-0.05, 0) is 72.5 Å². The minimum absolute atomic E-state index is 0.0661. The molecule has 0 radical (unpaired) electrons. The number of thiazole rings is 1. The van der Waals surface area contributed by atoms with Crippen molar-refractivity contribution in [1.29, 1.82) is 0 Å². The van der Waals surface area contributed by atoms with Crippen molar-refractivity contribution in [3.8, 4) is 22.8 Å². The van der Waals surface area contributed by atoms with Gasteiger partial charge in [-0.1, -0.05) is 12.1 Å². The second-order valence-electron chi connectivity index (χ2n) is 7.86. The van der Waals surface area contributed by atoms with Crippen LogP contribution in [0.4, 0.5) is 11.4 Å². The van der Waals surface area contributed by atoms with Crippen LogP contribution < -0.4 is 14.3 Å². The van der Waals surface area contributed by atoms with Crippen LogP contribution in [0.3, 0.4) is 0 Å². The molecule has 0 saturated heterocycles. The Labute approximate surface area is 194 Å². The van der Waals surface area contributed by atoms with Gasteiger partial charge in [0.15, 0.2) is 16.3 Å². The summed E-state index contributed by atoms with van der Waals surface area (Å²) in [7, 11) is 0. The average molecular weight is 460 g/mol. The van der Waals surface area contributed by atoms with Gasteiger partial charge in [0.1, 0.15) is 0 Å². The van der Waals surface area contributed by atoms with Gasteiger partial charge >= 0.3 is 0 Å². The molecule has 3 aromatic carbocycles. The summed E-state index contributed by atoms with van der Waals surface area (Å²) in [6.45, 7) is 4.95. The van der Waals surface area contributed by atoms with Crippen LogP contribution in [-0.4, -0.2) is 16.3 Å². The Morgan fingerprint density at radius 2 is 1.79 bits per heavy atom. The predicted octanol–water partition coefficient (Wildman–Crippen LogP) is 5.75. The molecule has 1 aliphatic heterocycles. The Balaban J connectivity index is 1.61. The molecule has 0 spiro atoms. The summed E-state index contributed by atoms with van der Waals surface area (Å²) >= 11 is 1.54. The minimum Gasteiger partial charge on any atom is -0.454 e. The lowest BCUT2D eigenvalue weighted by atomic mass is 10.1. The van der Waals surface area contributed by atoms with E-state index in [1.165, 1.54) is 34.6 Å². The van der Waals surface area contributed by atoms with E-state index in [1.807, 2.05) is 29.6 Å². The molecule has 0 unspecified atom stereocenters. The normalized spacial score (nSPS) is 12.8. The fourth-order valence-electron chi connectivity index (χ4n) is 3.68. The number of benzene rings is 3. The van der Waals surface area contributed by atoms with Crippen molar-refractivity contribution in [2.75, 3.05) is 6.79 Å². The summed E-state index contributed by atoms with van der Waals surface area (Å²) in [5.74, 6) is 1.47. The summed E-state index contributed by atoms with van der Waals surface area (Å²) < 4.78 is 13.1. The van der Waals surface area contributed by atoms with Crippen molar-refractivity contribution in [2.45, 2.75) is 20.4 Å². The van der Waals surface area contributed by atoms with Gasteiger partial charge in [-0.25, -0.2) is 4.99 Å². The quantitative estimate of drug-likeness (QED) is 0.281. The zero-order valence-corrected chi connectivity index (χ0v) is 19.0. The van der Waals surface area contributed by atoms with Gasteiger partial charge in [0.2, 0.25) is 6.79 Å². The highest BCUT2D eigenvalue weighted by atomic mass is 32.1. The van der Waals surface area contributed by atoms with Crippen LogP contribution in [0.5, 0.6) is 11.5 Å². The van der Waals surface area contributed by atoms with Gasteiger partial charge in [0.05, 0.1) is 22.8 Å². The number of hydrogen-bond donors (Lipinski definition) is 0. The van der Waals surface area contributed by atoms with E-state index >= 15 is 0 Å². The first kappa shape index (κ1) is 21.0. The molecular weight excluding hydrogens is 438 g/mol. The molecule has 0 amide bonds. The number of ether oxygens (including phenoxy) is 2. The molecule has 0 bridgehead atoms. The zero-order valence-electron chi connectivity index (χ0n) is 18.1. The number of non-ortho nitro benzene ring substituents is 1. The van der Waals surface area contributed by atoms with E-state index in [9.17, 15) is 10.1 Å². The van der Waals surface area contributed by atoms with Gasteiger partial charge in [-0.2, -0.15) is 0 Å². The van der Waals surface area contributed by atoms with Crippen molar-refractivity contribution in [3.05, 3.63) is 97.6 Å². The van der Waals surface area contributed by atoms with Crippen molar-refractivity contribution < 1.29 is 14.4 Å². The van der Waals surface area contributed by atoms with Crippen molar-refractivity contribution in [3.63, 3.8) is 0 Å². The summed E-state index contributed by atoms with van der Waals surface area (Å²) in [6.07, 6.45) is 0. The van der Waals surface area contributed by atoms with E-state index in [4.69, 9.17) is 14.5 Å². The molecule has 0 fully saturated rings. The maximum absolute atomic E-state index is 11.1. The number of aromatic nitrogens is 1. The monoisotopic (exact) mass is 459 g/mol. The van der Waals surface area contributed by atoms with Crippen LogP contribution in [0.1, 0.15) is 16.7 Å². The highest BCUT2D eigenvalue weighted by Crippen LogP contribution is 2.33. The van der Waals surface area contributed by atoms with Gasteiger partial charge in [0, 0.05) is 17.5 Å². The van der Waals surface area contributed by atoms with E-state index in [1.54, 1.807) is 12.1 Å². The van der Waals surface area contributed by atoms with Crippen LogP contribution in [-0.2, 0) is 6.54 Å². The molecule has 2 heterocycles. The summed E-state index contributed by atoms with van der Waals surface area (Å²) in [4.78, 5) is 16.4. The van der Waals surface area contributed by atoms with Crippen LogP contribution >= 0.6 is 11.3 Å². The van der Waals surface area contributed by atoms with Crippen LogP contribution in [0.15, 0.2) is 71.0 Å². The molecule has 1 aromatic heterocycles. The maximum Gasteiger partial charge on any atom is 0.269 e. The number of fused-ring (bicyclic) bond motifs is 1. The average Bonchev–Trinajstić information content (AvgIpc) is 3.43. The molecule has 166 valence electrons. The van der Waals surface area contributed by atoms with Gasteiger partial charge in [-0.3, -0.25) is 10.1 Å². The second kappa shape index (κ2) is 8.55. The maximum atomic E-state index is 11.1. The van der Waals surface area contributed by atoms with E-state index in [-0.39, 0.29) is 12.5 Å². The smallest absolute Gasteiger partial charge is 0.269 e. The molecule has 0 aliphatic carbocycles. The topological polar surface area (TPSA) is 78.9 Å². The third-order valence-corrected chi connectivity index (χ3v) is 6.53. The van der Waals surface area contributed by atoms with Crippen molar-refractivity contribution >= 4 is 22.7 Å². The number of nitro groups is 1. The third-order valence-electron chi connectivity index (χ3n) is 5.66. The lowest BCUT2D eigenvalue weighted by molar-refractivity contribution is -0.384. The largest absolute Gasteiger partial charge is 0.454 e. The Morgan fingerprint density at radius 1 is 1.00 bits per heavy atom. The SMILES string of the molecule is Cc1ccc(N=c2scc(-c3ccc([N+](=O)[O-])cc3)n2Cc2ccc3c(c2)OCO3)cc1C. The lowest BCUT2D eigenvalue weighted by Gasteiger charge is -2.10. The Hall–Kier alpha value is -3.91. The fourth-order valence-corrected chi connectivity index (χ4v) is 4.61. The fraction of sp³-hybridized carbons (Fsp3) is 0.160. The number of rotatable bonds is 5. The zero-order chi connectivity index (χ0) is 22.9. The molecule has 8 heteroatoms. The first-order valence-corrected chi connectivity index (χ1v) is 11.3. The molecule has 0 atom stereocenters. The molecule has 0 saturated carbocycles. The van der Waals surface area contributed by atoms with E-state index < -0.39 is 4.92 Å².